The van der Waals surface area contributed by atoms with Gasteiger partial charge in [0.2, 0.25) is 0 Å². The first-order chi connectivity index (χ1) is 32.2. The topological polar surface area (TPSA) is 64.5 Å². The van der Waals surface area contributed by atoms with Gasteiger partial charge in [-0.2, -0.15) is 0 Å². The Kier molecular flexibility index (Phi) is 8.78. The van der Waals surface area contributed by atoms with Gasteiger partial charge in [0, 0.05) is 54.8 Å². The third kappa shape index (κ3) is 6.49. The number of nitrogens with zero attached hydrogens (tertiary/aromatic N) is 5. The number of rotatable bonds is 7. The molecule has 0 radical (unpaired) electrons. The van der Waals surface area contributed by atoms with Crippen molar-refractivity contribution in [2.24, 2.45) is 0 Å². The van der Waals surface area contributed by atoms with Crippen LogP contribution in [-0.4, -0.2) is 24.9 Å². The van der Waals surface area contributed by atoms with Crippen molar-refractivity contribution in [3.63, 3.8) is 0 Å². The average molecular weight is 848 g/mol. The van der Waals surface area contributed by atoms with Gasteiger partial charge in [-0.25, -0.2) is 24.9 Å². The van der Waals surface area contributed by atoms with Crippen molar-refractivity contribution in [3.05, 3.63) is 246 Å². The Morgan fingerprint density at radius 3 is 1.29 bits per heavy atom. The molecule has 0 amide bonds. The van der Waals surface area contributed by atoms with Crippen LogP contribution in [0.3, 0.4) is 0 Å². The van der Waals surface area contributed by atoms with Gasteiger partial charge in [0.05, 0.1) is 11.4 Å². The number of benzene rings is 8. The maximum absolute atomic E-state index is 5.28. The normalized spacial score (nSPS) is 14.5. The lowest BCUT2D eigenvalue weighted by atomic mass is 9.60. The molecule has 8 aromatic carbocycles. The maximum Gasteiger partial charge on any atom is 0.164 e. The average Bonchev–Trinajstić information content (AvgIpc) is 3.84. The number of hydrogen-bond donors (Lipinski definition) is 0. The van der Waals surface area contributed by atoms with E-state index in [1.165, 1.54) is 53.9 Å². The largest absolute Gasteiger partial charge is 0.228 e. The van der Waals surface area contributed by atoms with Crippen LogP contribution >= 0.6 is 11.3 Å². The molecule has 5 nitrogen and oxygen atoms in total. The molecule has 304 valence electrons. The third-order valence-electron chi connectivity index (χ3n) is 12.9. The summed E-state index contributed by atoms with van der Waals surface area (Å²) < 4.78 is 1.29. The molecule has 0 aliphatic heterocycles. The Morgan fingerprint density at radius 2 is 0.708 bits per heavy atom. The maximum atomic E-state index is 5.28. The van der Waals surface area contributed by atoms with Crippen LogP contribution in [0, 0.1) is 0 Å². The summed E-state index contributed by atoms with van der Waals surface area (Å²) in [6.07, 6.45) is 0. The molecule has 3 heterocycles. The quantitative estimate of drug-likeness (QED) is 0.160. The predicted molar refractivity (Wildman–Crippen MR) is 264 cm³/mol. The van der Waals surface area contributed by atoms with Crippen LogP contribution in [-0.2, 0) is 0 Å². The van der Waals surface area contributed by atoms with Crippen molar-refractivity contribution in [2.75, 3.05) is 0 Å². The Bertz CT molecular complexity index is 3530. The van der Waals surface area contributed by atoms with Crippen molar-refractivity contribution in [1.82, 2.24) is 24.9 Å². The van der Waals surface area contributed by atoms with Gasteiger partial charge < -0.3 is 0 Å². The van der Waals surface area contributed by atoms with E-state index >= 15 is 0 Å². The molecule has 11 aromatic rings. The molecule has 14 rings (SSSR count). The van der Waals surface area contributed by atoms with Crippen molar-refractivity contribution in [2.45, 2.75) is 11.8 Å². The van der Waals surface area contributed by atoms with Crippen molar-refractivity contribution in [1.29, 1.82) is 0 Å². The van der Waals surface area contributed by atoms with E-state index in [1.807, 2.05) is 65.9 Å². The Hall–Kier alpha value is -8.19. The second kappa shape index (κ2) is 15.3. The van der Waals surface area contributed by atoms with Gasteiger partial charge in [-0.05, 0) is 80.7 Å². The summed E-state index contributed by atoms with van der Waals surface area (Å²) in [7, 11) is 0. The van der Waals surface area contributed by atoms with Crippen LogP contribution in [0.2, 0.25) is 0 Å². The lowest BCUT2D eigenvalue weighted by Gasteiger charge is -2.42. The molecule has 65 heavy (non-hydrogen) atoms. The number of thiophene rings is 1. The molecule has 2 bridgehead atoms. The lowest BCUT2D eigenvalue weighted by Crippen LogP contribution is -2.27. The zero-order valence-electron chi connectivity index (χ0n) is 35.0. The molecule has 0 spiro atoms. The summed E-state index contributed by atoms with van der Waals surface area (Å²) in [5.74, 6) is 2.79. The predicted octanol–water partition coefficient (Wildman–Crippen LogP) is 14.5. The van der Waals surface area contributed by atoms with Gasteiger partial charge in [-0.3, -0.25) is 0 Å². The summed E-state index contributed by atoms with van der Waals surface area (Å²) in [4.78, 5) is 26.9. The van der Waals surface area contributed by atoms with Crippen LogP contribution in [0.1, 0.15) is 45.2 Å². The van der Waals surface area contributed by atoms with Crippen molar-refractivity contribution in [3.8, 4) is 78.5 Å². The fraction of sp³-hybridized carbons (Fsp3) is 0.0339. The molecule has 2 atom stereocenters. The SMILES string of the molecule is c1ccc(-c2nc(-c3cccc(-c4cc5ccccc5s4)c3)cc(-c3ccc4c(c3)C3c5ccccc5C4c4cc(-c5nc(-c6ccccc6)nc(-c6ccccc6)n5)ccc43)n2)cc1. The van der Waals surface area contributed by atoms with Gasteiger partial charge in [0.15, 0.2) is 23.3 Å². The van der Waals surface area contributed by atoms with Gasteiger partial charge >= 0.3 is 0 Å². The number of hydrogen-bond acceptors (Lipinski definition) is 6. The van der Waals surface area contributed by atoms with Gasteiger partial charge in [-0.1, -0.05) is 176 Å². The molecule has 0 saturated carbocycles. The zero-order chi connectivity index (χ0) is 42.8. The number of fused-ring (bicyclic) bond motifs is 1. The monoisotopic (exact) mass is 847 g/mol. The third-order valence-corrected chi connectivity index (χ3v) is 14.1. The fourth-order valence-corrected chi connectivity index (χ4v) is 10.9. The molecule has 0 N–H and O–H groups in total. The molecule has 3 aliphatic carbocycles. The Balaban J connectivity index is 0.924. The minimum atomic E-state index is 0.0525. The van der Waals surface area contributed by atoms with E-state index in [0.29, 0.717) is 23.3 Å². The minimum Gasteiger partial charge on any atom is -0.228 e. The summed E-state index contributed by atoms with van der Waals surface area (Å²) in [5, 5.41) is 1.26. The lowest BCUT2D eigenvalue weighted by molar-refractivity contribution is 0.754. The van der Waals surface area contributed by atoms with Crippen LogP contribution < -0.4 is 0 Å². The van der Waals surface area contributed by atoms with Gasteiger partial charge in [-0.15, -0.1) is 11.3 Å². The van der Waals surface area contributed by atoms with E-state index in [-0.39, 0.29) is 11.8 Å². The van der Waals surface area contributed by atoms with Gasteiger partial charge in [0.1, 0.15) is 0 Å². The molecule has 2 unspecified atom stereocenters. The van der Waals surface area contributed by atoms with E-state index in [2.05, 4.69) is 158 Å². The summed E-state index contributed by atoms with van der Waals surface area (Å²) >= 11 is 1.82. The van der Waals surface area contributed by atoms with Crippen LogP contribution in [0.15, 0.2) is 212 Å². The highest BCUT2D eigenvalue weighted by molar-refractivity contribution is 7.22. The zero-order valence-corrected chi connectivity index (χ0v) is 35.8. The van der Waals surface area contributed by atoms with Crippen LogP contribution in [0.25, 0.3) is 88.6 Å². The number of aromatic nitrogens is 5. The van der Waals surface area contributed by atoms with Crippen LogP contribution in [0.5, 0.6) is 0 Å². The summed E-state index contributed by atoms with van der Waals surface area (Å²) in [6.45, 7) is 0. The van der Waals surface area contributed by atoms with Crippen molar-refractivity contribution < 1.29 is 0 Å². The molecule has 0 saturated heterocycles. The van der Waals surface area contributed by atoms with Gasteiger partial charge in [0.25, 0.3) is 0 Å². The Labute approximate surface area is 380 Å². The fourth-order valence-electron chi connectivity index (χ4n) is 9.87. The second-order valence-electron chi connectivity index (χ2n) is 16.8. The van der Waals surface area contributed by atoms with E-state index in [9.17, 15) is 0 Å². The highest BCUT2D eigenvalue weighted by Gasteiger charge is 2.41. The minimum absolute atomic E-state index is 0.0525. The first-order valence-electron chi connectivity index (χ1n) is 22.0. The van der Waals surface area contributed by atoms with Crippen molar-refractivity contribution >= 4 is 21.4 Å². The Morgan fingerprint density at radius 1 is 0.277 bits per heavy atom. The molecular weight excluding hydrogens is 811 g/mol. The molecular formula is C59H37N5S. The first-order valence-corrected chi connectivity index (χ1v) is 22.8. The molecule has 3 aromatic heterocycles. The van der Waals surface area contributed by atoms with E-state index in [0.717, 1.165) is 44.8 Å². The molecule has 6 heteroatoms. The highest BCUT2D eigenvalue weighted by atomic mass is 32.1. The van der Waals surface area contributed by atoms with E-state index < -0.39 is 0 Å². The smallest absolute Gasteiger partial charge is 0.164 e. The summed E-state index contributed by atoms with van der Waals surface area (Å²) in [5.41, 5.74) is 16.9. The standard InChI is InChI=1S/C59H37N5S/c1-4-15-36(16-5-1)56-60-50(39-22-14-23-41(31-39)53-34-42-21-10-13-26-52(42)65-53)35-51(61-56)40-27-29-46-48(32-40)54-44-24-11-12-25-45(44)55(46)49-33-43(28-30-47(49)54)59-63-57(37-17-6-2-7-18-37)62-58(64-59)38-19-8-3-9-20-38/h1-35,54-55H. The molecule has 3 aliphatic rings. The molecule has 0 fully saturated rings. The first kappa shape index (κ1) is 37.4. The second-order valence-corrected chi connectivity index (χ2v) is 17.9. The van der Waals surface area contributed by atoms with E-state index in [4.69, 9.17) is 24.9 Å². The summed E-state index contributed by atoms with van der Waals surface area (Å²) in [6, 6.07) is 75.2. The highest BCUT2D eigenvalue weighted by Crippen LogP contribution is 2.56. The van der Waals surface area contributed by atoms with Crippen LogP contribution in [0.4, 0.5) is 0 Å². The van der Waals surface area contributed by atoms with E-state index in [1.54, 1.807) is 0 Å².